The molecule has 0 aromatic carbocycles. The van der Waals surface area contributed by atoms with Gasteiger partial charge in [0, 0.05) is 23.4 Å². The highest BCUT2D eigenvalue weighted by Gasteiger charge is 2.52. The van der Waals surface area contributed by atoms with Crippen molar-refractivity contribution in [1.29, 1.82) is 0 Å². The van der Waals surface area contributed by atoms with E-state index in [0.29, 0.717) is 4.47 Å². The van der Waals surface area contributed by atoms with E-state index in [1.807, 2.05) is 0 Å². The van der Waals surface area contributed by atoms with Gasteiger partial charge in [-0.2, -0.15) is 4.31 Å². The molecule has 2 fully saturated rings. The Hall–Kier alpha value is -0.990. The first-order chi connectivity index (χ1) is 9.91. The number of hydrogen-bond acceptors (Lipinski definition) is 4. The van der Waals surface area contributed by atoms with Crippen LogP contribution in [0.4, 0.5) is 0 Å². The summed E-state index contributed by atoms with van der Waals surface area (Å²) in [5.41, 5.74) is 0. The highest BCUT2D eigenvalue weighted by Crippen LogP contribution is 2.44. The summed E-state index contributed by atoms with van der Waals surface area (Å²) in [6, 6.07) is 0.497. The smallest absolute Gasteiger partial charge is 0.322 e. The lowest BCUT2D eigenvalue weighted by Gasteiger charge is -2.23. The van der Waals surface area contributed by atoms with Gasteiger partial charge >= 0.3 is 5.97 Å². The van der Waals surface area contributed by atoms with Crippen molar-refractivity contribution in [2.45, 2.75) is 30.2 Å². The number of fused-ring (bicyclic) bond motifs is 1. The summed E-state index contributed by atoms with van der Waals surface area (Å²) in [6.45, 7) is 0.288. The van der Waals surface area contributed by atoms with Crippen molar-refractivity contribution in [2.75, 3.05) is 6.54 Å². The van der Waals surface area contributed by atoms with E-state index in [1.165, 1.54) is 18.5 Å². The van der Waals surface area contributed by atoms with Gasteiger partial charge in [-0.25, -0.2) is 8.42 Å². The number of rotatable bonds is 3. The van der Waals surface area contributed by atoms with Crippen LogP contribution in [0.1, 0.15) is 19.3 Å². The number of carboxylic acids is 1. The molecule has 0 radical (unpaired) electrons. The van der Waals surface area contributed by atoms with Gasteiger partial charge < -0.3 is 5.11 Å². The molecule has 0 bridgehead atoms. The molecule has 2 heterocycles. The highest BCUT2D eigenvalue weighted by molar-refractivity contribution is 9.10. The van der Waals surface area contributed by atoms with Crippen molar-refractivity contribution in [3.05, 3.63) is 22.9 Å². The van der Waals surface area contributed by atoms with Crippen LogP contribution < -0.4 is 0 Å². The third-order valence-electron chi connectivity index (χ3n) is 4.39. The van der Waals surface area contributed by atoms with E-state index in [2.05, 4.69) is 20.9 Å². The predicted octanol–water partition coefficient (Wildman–Crippen LogP) is 1.72. The fourth-order valence-electron chi connectivity index (χ4n) is 3.49. The van der Waals surface area contributed by atoms with Gasteiger partial charge in [0.05, 0.1) is 0 Å². The molecule has 3 unspecified atom stereocenters. The maximum Gasteiger partial charge on any atom is 0.322 e. The summed E-state index contributed by atoms with van der Waals surface area (Å²) in [7, 11) is -3.84. The number of nitrogens with zero attached hydrogens (tertiary/aromatic N) is 2. The Morgan fingerprint density at radius 2 is 2.14 bits per heavy atom. The van der Waals surface area contributed by atoms with Gasteiger partial charge in [0.15, 0.2) is 0 Å². The molecule has 0 spiro atoms. The zero-order valence-electron chi connectivity index (χ0n) is 11.1. The monoisotopic (exact) mass is 374 g/mol. The molecule has 2 aliphatic rings. The summed E-state index contributed by atoms with van der Waals surface area (Å²) < 4.78 is 27.2. The number of pyridine rings is 1. The second-order valence-corrected chi connectivity index (χ2v) is 8.36. The third-order valence-corrected chi connectivity index (χ3v) is 6.63. The lowest BCUT2D eigenvalue weighted by Crippen LogP contribution is -2.43. The predicted molar refractivity (Wildman–Crippen MR) is 78.1 cm³/mol. The van der Waals surface area contributed by atoms with Gasteiger partial charge in [-0.3, -0.25) is 9.78 Å². The fourth-order valence-corrected chi connectivity index (χ4v) is 5.68. The molecule has 3 rings (SSSR count). The van der Waals surface area contributed by atoms with Crippen molar-refractivity contribution in [1.82, 2.24) is 9.29 Å². The van der Waals surface area contributed by atoms with Crippen LogP contribution in [-0.2, 0) is 14.8 Å². The van der Waals surface area contributed by atoms with E-state index in [9.17, 15) is 18.3 Å². The SMILES string of the molecule is O=C(O)C1C2CCCC2CN1S(=O)(=O)c1cncc(Br)c1. The zero-order chi connectivity index (χ0) is 15.2. The molecule has 6 nitrogen and oxygen atoms in total. The van der Waals surface area contributed by atoms with Crippen molar-refractivity contribution in [3.8, 4) is 0 Å². The first kappa shape index (κ1) is 14.9. The fraction of sp³-hybridized carbons (Fsp3) is 0.538. The molecule has 1 N–H and O–H groups in total. The van der Waals surface area contributed by atoms with Crippen molar-refractivity contribution in [3.63, 3.8) is 0 Å². The van der Waals surface area contributed by atoms with E-state index in [0.717, 1.165) is 23.6 Å². The minimum atomic E-state index is -3.84. The van der Waals surface area contributed by atoms with Gasteiger partial charge in [0.25, 0.3) is 0 Å². The Morgan fingerprint density at radius 3 is 2.81 bits per heavy atom. The van der Waals surface area contributed by atoms with Crippen LogP contribution in [0.3, 0.4) is 0 Å². The Morgan fingerprint density at radius 1 is 1.38 bits per heavy atom. The Labute approximate surface area is 131 Å². The first-order valence-corrected chi connectivity index (χ1v) is 9.00. The van der Waals surface area contributed by atoms with Gasteiger partial charge in [-0.05, 0) is 46.7 Å². The van der Waals surface area contributed by atoms with Crippen LogP contribution in [0.2, 0.25) is 0 Å². The van der Waals surface area contributed by atoms with E-state index >= 15 is 0 Å². The molecule has 1 aromatic heterocycles. The summed E-state index contributed by atoms with van der Waals surface area (Å²) in [6.07, 6.45) is 5.41. The molecule has 114 valence electrons. The number of carboxylic acid groups (broad SMARTS) is 1. The van der Waals surface area contributed by atoms with Crippen LogP contribution in [0.25, 0.3) is 0 Å². The molecule has 1 aliphatic heterocycles. The summed E-state index contributed by atoms with van der Waals surface area (Å²) in [5, 5.41) is 9.46. The van der Waals surface area contributed by atoms with Crippen molar-refractivity contribution < 1.29 is 18.3 Å². The van der Waals surface area contributed by atoms with Gasteiger partial charge in [0.1, 0.15) is 10.9 Å². The topological polar surface area (TPSA) is 87.6 Å². The average molecular weight is 375 g/mol. The minimum Gasteiger partial charge on any atom is -0.480 e. The van der Waals surface area contributed by atoms with Crippen molar-refractivity contribution >= 4 is 31.9 Å². The number of aliphatic carboxylic acids is 1. The molecule has 21 heavy (non-hydrogen) atoms. The molecule has 8 heteroatoms. The highest BCUT2D eigenvalue weighted by atomic mass is 79.9. The van der Waals surface area contributed by atoms with E-state index in [-0.39, 0.29) is 23.3 Å². The van der Waals surface area contributed by atoms with Crippen LogP contribution in [0.15, 0.2) is 27.8 Å². The molecular weight excluding hydrogens is 360 g/mol. The lowest BCUT2D eigenvalue weighted by molar-refractivity contribution is -0.142. The van der Waals surface area contributed by atoms with Crippen LogP contribution >= 0.6 is 15.9 Å². The van der Waals surface area contributed by atoms with Gasteiger partial charge in [-0.15, -0.1) is 0 Å². The van der Waals surface area contributed by atoms with Gasteiger partial charge in [-0.1, -0.05) is 6.42 Å². The van der Waals surface area contributed by atoms with Gasteiger partial charge in [0.2, 0.25) is 10.0 Å². The summed E-state index contributed by atoms with van der Waals surface area (Å²) in [5.74, 6) is -0.977. The normalized spacial score (nSPS) is 29.5. The Kier molecular flexibility index (Phi) is 3.79. The van der Waals surface area contributed by atoms with E-state index < -0.39 is 22.0 Å². The molecule has 1 aliphatic carbocycles. The molecule has 1 saturated heterocycles. The number of sulfonamides is 1. The maximum atomic E-state index is 12.7. The molecule has 3 atom stereocenters. The quantitative estimate of drug-likeness (QED) is 0.869. The Balaban J connectivity index is 2.00. The summed E-state index contributed by atoms with van der Waals surface area (Å²) in [4.78, 5) is 15.5. The zero-order valence-corrected chi connectivity index (χ0v) is 13.5. The standard InChI is InChI=1S/C13H15BrN2O4S/c14-9-4-10(6-15-5-9)21(19,20)16-7-8-2-1-3-11(8)12(16)13(17)18/h4-6,8,11-12H,1-3,7H2,(H,17,18). The number of hydrogen-bond donors (Lipinski definition) is 1. The van der Waals surface area contributed by atoms with E-state index in [1.54, 1.807) is 0 Å². The maximum absolute atomic E-state index is 12.7. The Bertz CT molecular complexity index is 679. The number of halogens is 1. The largest absolute Gasteiger partial charge is 0.480 e. The molecule has 0 amide bonds. The number of carbonyl (C=O) groups is 1. The second-order valence-electron chi connectivity index (χ2n) is 5.55. The van der Waals surface area contributed by atoms with Crippen LogP contribution in [-0.4, -0.2) is 41.4 Å². The van der Waals surface area contributed by atoms with E-state index in [4.69, 9.17) is 0 Å². The van der Waals surface area contributed by atoms with Crippen LogP contribution in [0, 0.1) is 11.8 Å². The molecule has 1 saturated carbocycles. The minimum absolute atomic E-state index is 0.0306. The molecule has 1 aromatic rings. The average Bonchev–Trinajstić information content (AvgIpc) is 2.97. The van der Waals surface area contributed by atoms with Crippen LogP contribution in [0.5, 0.6) is 0 Å². The second kappa shape index (κ2) is 5.33. The third kappa shape index (κ3) is 2.49. The lowest BCUT2D eigenvalue weighted by atomic mass is 9.94. The first-order valence-electron chi connectivity index (χ1n) is 6.76. The summed E-state index contributed by atoms with van der Waals surface area (Å²) >= 11 is 3.19. The molecular formula is C13H15BrN2O4S. The number of aromatic nitrogens is 1. The van der Waals surface area contributed by atoms with Crippen molar-refractivity contribution in [2.24, 2.45) is 11.8 Å².